The molecular weight excluding hydrogens is 194 g/mol. The quantitative estimate of drug-likeness (QED) is 0.722. The first-order chi connectivity index (χ1) is 6.97. The van der Waals surface area contributed by atoms with Crippen LogP contribution in [0.1, 0.15) is 33.6 Å². The first-order valence-corrected chi connectivity index (χ1v) is 5.50. The molecule has 0 aromatic carbocycles. The van der Waals surface area contributed by atoms with Gasteiger partial charge < -0.3 is 10.4 Å². The minimum atomic E-state index is -0.855. The van der Waals surface area contributed by atoms with E-state index in [2.05, 4.69) is 19.2 Å². The second kappa shape index (κ2) is 4.64. The largest absolute Gasteiger partial charge is 0.481 e. The van der Waals surface area contributed by atoms with Gasteiger partial charge >= 0.3 is 5.97 Å². The topological polar surface area (TPSA) is 66.4 Å². The number of hydrogen-bond donors (Lipinski definition) is 2. The first-order valence-electron chi connectivity index (χ1n) is 5.50. The summed E-state index contributed by atoms with van der Waals surface area (Å²) in [4.78, 5) is 22.1. The van der Waals surface area contributed by atoms with Crippen molar-refractivity contribution in [2.75, 3.05) is 0 Å². The highest BCUT2D eigenvalue weighted by molar-refractivity contribution is 5.89. The fraction of sp³-hybridized carbons (Fsp3) is 0.818. The van der Waals surface area contributed by atoms with E-state index in [1.165, 1.54) is 0 Å². The molecule has 0 saturated heterocycles. The Morgan fingerprint density at radius 3 is 2.40 bits per heavy atom. The number of hydrogen-bond acceptors (Lipinski definition) is 2. The van der Waals surface area contributed by atoms with Crippen molar-refractivity contribution in [3.05, 3.63) is 0 Å². The van der Waals surface area contributed by atoms with Crippen LogP contribution in [0.2, 0.25) is 0 Å². The van der Waals surface area contributed by atoms with Crippen molar-refractivity contribution in [2.24, 2.45) is 17.8 Å². The molecule has 4 unspecified atom stereocenters. The monoisotopic (exact) mass is 213 g/mol. The van der Waals surface area contributed by atoms with Crippen LogP contribution in [0, 0.1) is 17.8 Å². The lowest BCUT2D eigenvalue weighted by atomic mass is 10.0. The van der Waals surface area contributed by atoms with Gasteiger partial charge in [0.25, 0.3) is 0 Å². The summed E-state index contributed by atoms with van der Waals surface area (Å²) in [5.74, 6) is -1.28. The first kappa shape index (κ1) is 12.0. The maximum absolute atomic E-state index is 11.6. The molecule has 1 saturated carbocycles. The molecule has 0 heterocycles. The Kier molecular flexibility index (Phi) is 3.72. The van der Waals surface area contributed by atoms with Crippen molar-refractivity contribution in [3.8, 4) is 0 Å². The normalized spacial score (nSPS) is 27.9. The molecule has 1 aliphatic rings. The molecular formula is C11H19NO3. The second-order valence-electron chi connectivity index (χ2n) is 4.47. The summed E-state index contributed by atoms with van der Waals surface area (Å²) in [5, 5.41) is 11.6. The fourth-order valence-corrected chi connectivity index (χ4v) is 1.58. The fourth-order valence-electron chi connectivity index (χ4n) is 1.58. The van der Waals surface area contributed by atoms with E-state index in [1.807, 2.05) is 6.92 Å². The minimum Gasteiger partial charge on any atom is -0.481 e. The van der Waals surface area contributed by atoms with Crippen LogP contribution in [0.3, 0.4) is 0 Å². The number of nitrogens with one attached hydrogen (secondary N) is 1. The summed E-state index contributed by atoms with van der Waals surface area (Å²) in [6, 6.07) is 0.123. The predicted octanol–water partition coefficient (Wildman–Crippen LogP) is 1.26. The lowest BCUT2D eigenvalue weighted by Crippen LogP contribution is -2.38. The van der Waals surface area contributed by atoms with Crippen molar-refractivity contribution in [1.29, 1.82) is 0 Å². The summed E-state index contributed by atoms with van der Waals surface area (Å²) in [5.41, 5.74) is 0. The zero-order valence-corrected chi connectivity index (χ0v) is 9.49. The van der Waals surface area contributed by atoms with Crippen LogP contribution in [0.4, 0.5) is 0 Å². The highest BCUT2D eigenvalue weighted by Crippen LogP contribution is 2.38. The van der Waals surface area contributed by atoms with Gasteiger partial charge in [-0.05, 0) is 19.3 Å². The number of amides is 1. The molecule has 86 valence electrons. The van der Waals surface area contributed by atoms with Crippen LogP contribution >= 0.6 is 0 Å². The number of carbonyl (C=O) groups is 2. The molecule has 1 aliphatic carbocycles. The molecule has 0 aromatic heterocycles. The third-order valence-corrected chi connectivity index (χ3v) is 3.31. The van der Waals surface area contributed by atoms with Gasteiger partial charge in [0, 0.05) is 6.04 Å². The van der Waals surface area contributed by atoms with E-state index in [-0.39, 0.29) is 17.9 Å². The van der Waals surface area contributed by atoms with E-state index >= 15 is 0 Å². The maximum Gasteiger partial charge on any atom is 0.307 e. The van der Waals surface area contributed by atoms with E-state index in [4.69, 9.17) is 5.11 Å². The molecule has 1 amide bonds. The van der Waals surface area contributed by atoms with Gasteiger partial charge in [0.05, 0.1) is 11.8 Å². The van der Waals surface area contributed by atoms with Crippen LogP contribution in [-0.4, -0.2) is 23.0 Å². The lowest BCUT2D eigenvalue weighted by Gasteiger charge is -2.19. The molecule has 0 spiro atoms. The number of carbonyl (C=O) groups excluding carboxylic acids is 1. The number of rotatable bonds is 5. The molecule has 0 aliphatic heterocycles. The van der Waals surface area contributed by atoms with Crippen LogP contribution in [-0.2, 0) is 9.59 Å². The molecule has 1 rings (SSSR count). The second-order valence-corrected chi connectivity index (χ2v) is 4.47. The predicted molar refractivity (Wildman–Crippen MR) is 56.3 cm³/mol. The minimum absolute atomic E-state index is 0.102. The highest BCUT2D eigenvalue weighted by atomic mass is 16.4. The van der Waals surface area contributed by atoms with Gasteiger partial charge in [-0.15, -0.1) is 0 Å². The van der Waals surface area contributed by atoms with E-state index in [0.717, 1.165) is 6.42 Å². The Morgan fingerprint density at radius 2 is 2.00 bits per heavy atom. The molecule has 15 heavy (non-hydrogen) atoms. The average Bonchev–Trinajstić information content (AvgIpc) is 2.95. The molecule has 0 aromatic rings. The summed E-state index contributed by atoms with van der Waals surface area (Å²) in [6.45, 7) is 6.11. The van der Waals surface area contributed by atoms with Crippen molar-refractivity contribution in [3.63, 3.8) is 0 Å². The Bertz CT molecular complexity index is 265. The summed E-state index contributed by atoms with van der Waals surface area (Å²) in [7, 11) is 0. The van der Waals surface area contributed by atoms with Crippen LogP contribution in [0.5, 0.6) is 0 Å². The number of carboxylic acids is 1. The lowest BCUT2D eigenvalue weighted by molar-refractivity contribution is -0.140. The smallest absolute Gasteiger partial charge is 0.307 e. The number of aliphatic carboxylic acids is 1. The van der Waals surface area contributed by atoms with Gasteiger partial charge in [0.15, 0.2) is 0 Å². The average molecular weight is 213 g/mol. The van der Waals surface area contributed by atoms with Crippen molar-refractivity contribution < 1.29 is 14.7 Å². The Balaban J connectivity index is 2.35. The van der Waals surface area contributed by atoms with Crippen LogP contribution in [0.25, 0.3) is 0 Å². The van der Waals surface area contributed by atoms with E-state index < -0.39 is 11.9 Å². The van der Waals surface area contributed by atoms with Crippen molar-refractivity contribution >= 4 is 11.9 Å². The van der Waals surface area contributed by atoms with Crippen LogP contribution in [0.15, 0.2) is 0 Å². The SMILES string of the molecule is CCC(C)C(C)NC(=O)C1CC1C(=O)O. The van der Waals surface area contributed by atoms with Crippen molar-refractivity contribution in [2.45, 2.75) is 39.7 Å². The highest BCUT2D eigenvalue weighted by Gasteiger charge is 2.48. The molecule has 4 nitrogen and oxygen atoms in total. The summed E-state index contributed by atoms with van der Waals surface area (Å²) in [6.07, 6.45) is 1.50. The van der Waals surface area contributed by atoms with Gasteiger partial charge in [-0.1, -0.05) is 20.3 Å². The maximum atomic E-state index is 11.6. The number of carboxylic acid groups (broad SMARTS) is 1. The summed E-state index contributed by atoms with van der Waals surface area (Å²) < 4.78 is 0. The van der Waals surface area contributed by atoms with E-state index in [0.29, 0.717) is 12.3 Å². The van der Waals surface area contributed by atoms with Gasteiger partial charge in [-0.25, -0.2) is 0 Å². The summed E-state index contributed by atoms with van der Waals surface area (Å²) >= 11 is 0. The Labute approximate surface area is 90.0 Å². The van der Waals surface area contributed by atoms with E-state index in [9.17, 15) is 9.59 Å². The van der Waals surface area contributed by atoms with Gasteiger partial charge in [0.2, 0.25) is 5.91 Å². The van der Waals surface area contributed by atoms with Crippen LogP contribution < -0.4 is 5.32 Å². The zero-order chi connectivity index (χ0) is 11.6. The third-order valence-electron chi connectivity index (χ3n) is 3.31. The molecule has 2 N–H and O–H groups in total. The molecule has 4 atom stereocenters. The molecule has 1 fully saturated rings. The molecule has 4 heteroatoms. The molecule has 0 radical (unpaired) electrons. The van der Waals surface area contributed by atoms with Crippen molar-refractivity contribution in [1.82, 2.24) is 5.32 Å². The van der Waals surface area contributed by atoms with Gasteiger partial charge in [0.1, 0.15) is 0 Å². The zero-order valence-electron chi connectivity index (χ0n) is 9.49. The Hall–Kier alpha value is -1.06. The third kappa shape index (κ3) is 2.94. The standard InChI is InChI=1S/C11H19NO3/c1-4-6(2)7(3)12-10(13)8-5-9(8)11(14)15/h6-9H,4-5H2,1-3H3,(H,12,13)(H,14,15). The van der Waals surface area contributed by atoms with E-state index in [1.54, 1.807) is 0 Å². The molecule has 0 bridgehead atoms. The Morgan fingerprint density at radius 1 is 1.40 bits per heavy atom. The van der Waals surface area contributed by atoms with Gasteiger partial charge in [-0.2, -0.15) is 0 Å². The van der Waals surface area contributed by atoms with Gasteiger partial charge in [-0.3, -0.25) is 9.59 Å².